The maximum absolute atomic E-state index is 11.5. The number of hydrogen-bond donors (Lipinski definition) is 1. The minimum Gasteiger partial charge on any atom is -0.468 e. The van der Waals surface area contributed by atoms with Crippen LogP contribution in [0.3, 0.4) is 0 Å². The summed E-state index contributed by atoms with van der Waals surface area (Å²) in [6.45, 7) is 3.67. The average Bonchev–Trinajstić information content (AvgIpc) is 2.65. The zero-order valence-electron chi connectivity index (χ0n) is 10.3. The molecule has 1 heterocycles. The molecule has 0 saturated carbocycles. The average molecular weight is 229 g/mol. The summed E-state index contributed by atoms with van der Waals surface area (Å²) < 4.78 is 4.75. The SMILES string of the molecule is CCCCCCN1C[C@H](O)C[C@H]1C(=O)OC. The Morgan fingerprint density at radius 3 is 2.81 bits per heavy atom. The molecule has 1 saturated heterocycles. The molecular formula is C12H23NO3. The summed E-state index contributed by atoms with van der Waals surface area (Å²) in [5, 5.41) is 9.57. The molecule has 16 heavy (non-hydrogen) atoms. The number of rotatable bonds is 6. The van der Waals surface area contributed by atoms with E-state index in [-0.39, 0.29) is 18.1 Å². The first kappa shape index (κ1) is 13.5. The van der Waals surface area contributed by atoms with Crippen LogP contribution in [0.2, 0.25) is 0 Å². The molecule has 0 spiro atoms. The molecule has 1 fully saturated rings. The van der Waals surface area contributed by atoms with E-state index in [1.54, 1.807) is 0 Å². The van der Waals surface area contributed by atoms with Crippen LogP contribution in [-0.2, 0) is 9.53 Å². The van der Waals surface area contributed by atoms with Crippen LogP contribution in [0, 0.1) is 0 Å². The number of methoxy groups -OCH3 is 1. The molecule has 0 radical (unpaired) electrons. The van der Waals surface area contributed by atoms with Gasteiger partial charge in [-0.2, -0.15) is 0 Å². The lowest BCUT2D eigenvalue weighted by Gasteiger charge is -2.21. The summed E-state index contributed by atoms with van der Waals surface area (Å²) in [6, 6.07) is -0.235. The van der Waals surface area contributed by atoms with Crippen molar-refractivity contribution in [2.24, 2.45) is 0 Å². The van der Waals surface area contributed by atoms with Crippen molar-refractivity contribution in [2.45, 2.75) is 51.2 Å². The quantitative estimate of drug-likeness (QED) is 0.549. The zero-order valence-corrected chi connectivity index (χ0v) is 10.3. The largest absolute Gasteiger partial charge is 0.468 e. The fraction of sp³-hybridized carbons (Fsp3) is 0.917. The molecule has 1 N–H and O–H groups in total. The van der Waals surface area contributed by atoms with Gasteiger partial charge in [0.2, 0.25) is 0 Å². The second kappa shape index (κ2) is 6.86. The number of β-amino-alcohol motifs (C(OH)–C–C–N with tert-alkyl or cyclic N) is 1. The highest BCUT2D eigenvalue weighted by molar-refractivity contribution is 5.76. The topological polar surface area (TPSA) is 49.8 Å². The van der Waals surface area contributed by atoms with Gasteiger partial charge in [0, 0.05) is 13.0 Å². The van der Waals surface area contributed by atoms with Gasteiger partial charge in [-0.25, -0.2) is 0 Å². The first-order valence-corrected chi connectivity index (χ1v) is 6.19. The molecule has 1 rings (SSSR count). The molecule has 94 valence electrons. The van der Waals surface area contributed by atoms with E-state index in [2.05, 4.69) is 6.92 Å². The lowest BCUT2D eigenvalue weighted by Crippen LogP contribution is -2.37. The molecule has 0 bridgehead atoms. The lowest BCUT2D eigenvalue weighted by atomic mass is 10.2. The number of aliphatic hydroxyl groups is 1. The van der Waals surface area contributed by atoms with E-state index < -0.39 is 0 Å². The van der Waals surface area contributed by atoms with Gasteiger partial charge in [0.15, 0.2) is 0 Å². The summed E-state index contributed by atoms with van der Waals surface area (Å²) >= 11 is 0. The molecule has 0 amide bonds. The zero-order chi connectivity index (χ0) is 12.0. The highest BCUT2D eigenvalue weighted by Crippen LogP contribution is 2.19. The fourth-order valence-electron chi connectivity index (χ4n) is 2.25. The van der Waals surface area contributed by atoms with Gasteiger partial charge in [0.05, 0.1) is 13.2 Å². The van der Waals surface area contributed by atoms with Crippen molar-refractivity contribution in [3.63, 3.8) is 0 Å². The number of hydrogen-bond acceptors (Lipinski definition) is 4. The van der Waals surface area contributed by atoms with Gasteiger partial charge in [0.25, 0.3) is 0 Å². The Bertz CT molecular complexity index is 220. The predicted octanol–water partition coefficient (Wildman–Crippen LogP) is 1.17. The van der Waals surface area contributed by atoms with Crippen LogP contribution >= 0.6 is 0 Å². The Hall–Kier alpha value is -0.610. The monoisotopic (exact) mass is 229 g/mol. The van der Waals surface area contributed by atoms with Gasteiger partial charge in [0.1, 0.15) is 6.04 Å². The summed E-state index contributed by atoms with van der Waals surface area (Å²) in [4.78, 5) is 13.5. The highest BCUT2D eigenvalue weighted by atomic mass is 16.5. The Kier molecular flexibility index (Phi) is 5.77. The van der Waals surface area contributed by atoms with E-state index in [9.17, 15) is 9.90 Å². The molecule has 1 aliphatic rings. The van der Waals surface area contributed by atoms with Crippen molar-refractivity contribution in [2.75, 3.05) is 20.2 Å². The summed E-state index contributed by atoms with van der Waals surface area (Å²) in [6.07, 6.45) is 4.86. The van der Waals surface area contributed by atoms with Gasteiger partial charge in [-0.15, -0.1) is 0 Å². The van der Waals surface area contributed by atoms with Crippen LogP contribution in [0.4, 0.5) is 0 Å². The smallest absolute Gasteiger partial charge is 0.323 e. The number of likely N-dealkylation sites (tertiary alicyclic amines) is 1. The van der Waals surface area contributed by atoms with Crippen molar-refractivity contribution in [3.05, 3.63) is 0 Å². The molecule has 4 heteroatoms. The Labute approximate surface area is 97.6 Å². The lowest BCUT2D eigenvalue weighted by molar-refractivity contribution is -0.145. The maximum Gasteiger partial charge on any atom is 0.323 e. The Morgan fingerprint density at radius 2 is 2.19 bits per heavy atom. The second-order valence-corrected chi connectivity index (χ2v) is 4.48. The predicted molar refractivity (Wildman–Crippen MR) is 62.1 cm³/mol. The van der Waals surface area contributed by atoms with Crippen LogP contribution in [0.15, 0.2) is 0 Å². The number of nitrogens with zero attached hydrogens (tertiary/aromatic N) is 1. The Balaban J connectivity index is 2.34. The van der Waals surface area contributed by atoms with Gasteiger partial charge < -0.3 is 9.84 Å². The molecular weight excluding hydrogens is 206 g/mol. The van der Waals surface area contributed by atoms with Crippen molar-refractivity contribution in [1.82, 2.24) is 4.90 Å². The summed E-state index contributed by atoms with van der Waals surface area (Å²) in [5.74, 6) is -0.216. The minimum atomic E-state index is -0.379. The van der Waals surface area contributed by atoms with Gasteiger partial charge >= 0.3 is 5.97 Å². The molecule has 4 nitrogen and oxygen atoms in total. The van der Waals surface area contributed by atoms with Gasteiger partial charge in [-0.3, -0.25) is 9.69 Å². The van der Waals surface area contributed by atoms with Crippen LogP contribution in [0.5, 0.6) is 0 Å². The van der Waals surface area contributed by atoms with Gasteiger partial charge in [-0.1, -0.05) is 26.2 Å². The van der Waals surface area contributed by atoms with Crippen molar-refractivity contribution in [1.29, 1.82) is 0 Å². The van der Waals surface area contributed by atoms with E-state index in [0.717, 1.165) is 13.0 Å². The van der Waals surface area contributed by atoms with Gasteiger partial charge in [-0.05, 0) is 13.0 Å². The van der Waals surface area contributed by atoms with Crippen LogP contribution in [0.25, 0.3) is 0 Å². The molecule has 0 aromatic carbocycles. The van der Waals surface area contributed by atoms with Crippen LogP contribution in [0.1, 0.15) is 39.0 Å². The Morgan fingerprint density at radius 1 is 1.44 bits per heavy atom. The van der Waals surface area contributed by atoms with E-state index in [4.69, 9.17) is 4.74 Å². The van der Waals surface area contributed by atoms with E-state index in [1.807, 2.05) is 4.90 Å². The first-order valence-electron chi connectivity index (χ1n) is 6.19. The molecule has 2 atom stereocenters. The number of unbranched alkanes of at least 4 members (excludes halogenated alkanes) is 3. The normalized spacial score (nSPS) is 25.9. The summed E-state index contributed by atoms with van der Waals surface area (Å²) in [5.41, 5.74) is 0. The molecule has 0 aliphatic carbocycles. The highest BCUT2D eigenvalue weighted by Gasteiger charge is 2.35. The summed E-state index contributed by atoms with van der Waals surface area (Å²) in [7, 11) is 1.41. The third-order valence-corrected chi connectivity index (χ3v) is 3.15. The van der Waals surface area contributed by atoms with E-state index >= 15 is 0 Å². The first-order chi connectivity index (χ1) is 7.69. The third-order valence-electron chi connectivity index (χ3n) is 3.15. The molecule has 0 aromatic rings. The van der Waals surface area contributed by atoms with Crippen LogP contribution < -0.4 is 0 Å². The maximum atomic E-state index is 11.5. The van der Waals surface area contributed by atoms with E-state index in [1.165, 1.54) is 26.4 Å². The number of carbonyl (C=O) groups is 1. The third kappa shape index (κ3) is 3.76. The van der Waals surface area contributed by atoms with Crippen molar-refractivity contribution in [3.8, 4) is 0 Å². The van der Waals surface area contributed by atoms with Crippen molar-refractivity contribution < 1.29 is 14.6 Å². The molecule has 1 aliphatic heterocycles. The number of aliphatic hydroxyl groups excluding tert-OH is 1. The standard InChI is InChI=1S/C12H23NO3/c1-3-4-5-6-7-13-9-10(14)8-11(13)12(15)16-2/h10-11,14H,3-9H2,1-2H3/t10-,11+/m1/s1. The fourth-order valence-corrected chi connectivity index (χ4v) is 2.25. The van der Waals surface area contributed by atoms with Crippen molar-refractivity contribution >= 4 is 5.97 Å². The molecule has 0 unspecified atom stereocenters. The number of carbonyl (C=O) groups excluding carboxylic acids is 1. The number of esters is 1. The van der Waals surface area contributed by atoms with Crippen LogP contribution in [-0.4, -0.2) is 48.3 Å². The second-order valence-electron chi connectivity index (χ2n) is 4.48. The number of ether oxygens (including phenoxy) is 1. The van der Waals surface area contributed by atoms with E-state index in [0.29, 0.717) is 13.0 Å². The minimum absolute atomic E-state index is 0.216. The molecule has 0 aromatic heterocycles.